The molecule has 2 heteroatoms. The summed E-state index contributed by atoms with van der Waals surface area (Å²) < 4.78 is 0. The predicted molar refractivity (Wildman–Crippen MR) is 66.7 cm³/mol. The summed E-state index contributed by atoms with van der Waals surface area (Å²) in [5.74, 6) is 0. The molecule has 0 spiro atoms. The Bertz CT molecular complexity index is 382. The summed E-state index contributed by atoms with van der Waals surface area (Å²) in [4.78, 5) is 0. The topological polar surface area (TPSA) is 52.0 Å². The minimum atomic E-state index is -0.163. The summed E-state index contributed by atoms with van der Waals surface area (Å²) in [6.07, 6.45) is 0. The predicted octanol–water partition coefficient (Wildman–Crippen LogP) is 2.39. The lowest BCUT2D eigenvalue weighted by Gasteiger charge is -2.20. The second-order valence-electron chi connectivity index (χ2n) is 3.87. The van der Waals surface area contributed by atoms with Gasteiger partial charge in [-0.1, -0.05) is 60.7 Å². The average Bonchev–Trinajstić information content (AvgIpc) is 2.39. The highest BCUT2D eigenvalue weighted by Crippen LogP contribution is 2.23. The molecule has 0 aliphatic rings. The third-order valence-corrected chi connectivity index (χ3v) is 2.76. The van der Waals surface area contributed by atoms with Crippen molar-refractivity contribution in [3.63, 3.8) is 0 Å². The van der Waals surface area contributed by atoms with Gasteiger partial charge in [-0.2, -0.15) is 0 Å². The van der Waals surface area contributed by atoms with Gasteiger partial charge in [-0.25, -0.2) is 0 Å². The molecule has 0 saturated heterocycles. The Balaban J connectivity index is 2.20. The van der Waals surface area contributed by atoms with Crippen molar-refractivity contribution in [2.45, 2.75) is 12.1 Å². The van der Waals surface area contributed by atoms with Crippen molar-refractivity contribution >= 4 is 0 Å². The second-order valence-corrected chi connectivity index (χ2v) is 3.87. The van der Waals surface area contributed by atoms with Crippen LogP contribution in [0.4, 0.5) is 0 Å². The maximum absolute atomic E-state index is 6.15. The van der Waals surface area contributed by atoms with Crippen LogP contribution in [0.15, 0.2) is 60.7 Å². The van der Waals surface area contributed by atoms with Crippen molar-refractivity contribution in [3.05, 3.63) is 71.8 Å². The summed E-state index contributed by atoms with van der Waals surface area (Å²) in [5, 5.41) is 0. The zero-order valence-corrected chi connectivity index (χ0v) is 9.08. The molecule has 0 radical (unpaired) electrons. The molecule has 0 saturated carbocycles. The van der Waals surface area contributed by atoms with Gasteiger partial charge in [-0.15, -0.1) is 0 Å². The molecule has 0 fully saturated rings. The first-order chi connectivity index (χ1) is 7.79. The van der Waals surface area contributed by atoms with Crippen LogP contribution in [0.5, 0.6) is 0 Å². The molecule has 0 unspecified atom stereocenters. The van der Waals surface area contributed by atoms with Crippen molar-refractivity contribution < 1.29 is 0 Å². The fourth-order valence-electron chi connectivity index (χ4n) is 1.77. The number of rotatable bonds is 3. The van der Waals surface area contributed by atoms with Gasteiger partial charge in [0, 0.05) is 12.1 Å². The van der Waals surface area contributed by atoms with Crippen molar-refractivity contribution in [2.75, 3.05) is 0 Å². The Morgan fingerprint density at radius 3 is 1.19 bits per heavy atom. The molecule has 2 aromatic carbocycles. The lowest BCUT2D eigenvalue weighted by atomic mass is 9.95. The van der Waals surface area contributed by atoms with Crippen molar-refractivity contribution in [2.24, 2.45) is 11.5 Å². The van der Waals surface area contributed by atoms with Crippen LogP contribution in [0.3, 0.4) is 0 Å². The molecule has 16 heavy (non-hydrogen) atoms. The lowest BCUT2D eigenvalue weighted by Crippen LogP contribution is -2.26. The van der Waals surface area contributed by atoms with Crippen LogP contribution in [0, 0.1) is 0 Å². The number of benzene rings is 2. The molecule has 2 aromatic rings. The average molecular weight is 212 g/mol. The van der Waals surface area contributed by atoms with E-state index < -0.39 is 0 Å². The Morgan fingerprint density at radius 1 is 0.562 bits per heavy atom. The van der Waals surface area contributed by atoms with E-state index in [1.54, 1.807) is 0 Å². The van der Waals surface area contributed by atoms with Gasteiger partial charge in [0.2, 0.25) is 0 Å². The van der Waals surface area contributed by atoms with E-state index in [2.05, 4.69) is 0 Å². The zero-order valence-electron chi connectivity index (χ0n) is 9.08. The third-order valence-electron chi connectivity index (χ3n) is 2.76. The van der Waals surface area contributed by atoms with Gasteiger partial charge in [0.25, 0.3) is 0 Å². The molecule has 0 bridgehead atoms. The van der Waals surface area contributed by atoms with E-state index in [-0.39, 0.29) is 12.1 Å². The van der Waals surface area contributed by atoms with E-state index in [0.29, 0.717) is 0 Å². The van der Waals surface area contributed by atoms with Crippen LogP contribution < -0.4 is 11.5 Å². The molecule has 0 amide bonds. The molecule has 4 N–H and O–H groups in total. The highest BCUT2D eigenvalue weighted by Gasteiger charge is 2.16. The Morgan fingerprint density at radius 2 is 0.875 bits per heavy atom. The number of hydrogen-bond donors (Lipinski definition) is 2. The van der Waals surface area contributed by atoms with Gasteiger partial charge < -0.3 is 11.5 Å². The van der Waals surface area contributed by atoms with E-state index in [0.717, 1.165) is 11.1 Å². The van der Waals surface area contributed by atoms with Crippen molar-refractivity contribution in [1.29, 1.82) is 0 Å². The quantitative estimate of drug-likeness (QED) is 0.820. The van der Waals surface area contributed by atoms with E-state index in [1.165, 1.54) is 0 Å². The number of hydrogen-bond acceptors (Lipinski definition) is 2. The van der Waals surface area contributed by atoms with Crippen LogP contribution in [0.1, 0.15) is 23.2 Å². The van der Waals surface area contributed by atoms with Gasteiger partial charge in [-0.05, 0) is 11.1 Å². The van der Waals surface area contributed by atoms with Gasteiger partial charge in [0.1, 0.15) is 0 Å². The molecule has 0 aromatic heterocycles. The van der Waals surface area contributed by atoms with Crippen LogP contribution >= 0.6 is 0 Å². The van der Waals surface area contributed by atoms with Gasteiger partial charge in [0.05, 0.1) is 0 Å². The first-order valence-electron chi connectivity index (χ1n) is 5.40. The Hall–Kier alpha value is -1.64. The van der Waals surface area contributed by atoms with Gasteiger partial charge in [-0.3, -0.25) is 0 Å². The molecule has 2 atom stereocenters. The summed E-state index contributed by atoms with van der Waals surface area (Å²) in [6.45, 7) is 0. The van der Waals surface area contributed by atoms with E-state index in [4.69, 9.17) is 11.5 Å². The lowest BCUT2D eigenvalue weighted by molar-refractivity contribution is 0.574. The normalized spacial score (nSPS) is 14.4. The molecule has 2 nitrogen and oxygen atoms in total. The Kier molecular flexibility index (Phi) is 3.34. The minimum absolute atomic E-state index is 0.163. The molecule has 0 heterocycles. The van der Waals surface area contributed by atoms with Crippen molar-refractivity contribution in [3.8, 4) is 0 Å². The minimum Gasteiger partial charge on any atom is -0.322 e. The first kappa shape index (κ1) is 10.9. The monoisotopic (exact) mass is 212 g/mol. The molecule has 0 aliphatic heterocycles. The van der Waals surface area contributed by atoms with Crippen molar-refractivity contribution in [1.82, 2.24) is 0 Å². The van der Waals surface area contributed by atoms with Gasteiger partial charge in [0.15, 0.2) is 0 Å². The fraction of sp³-hybridized carbons (Fsp3) is 0.143. The van der Waals surface area contributed by atoms with E-state index >= 15 is 0 Å². The van der Waals surface area contributed by atoms with E-state index in [1.807, 2.05) is 60.7 Å². The van der Waals surface area contributed by atoms with Gasteiger partial charge >= 0.3 is 0 Å². The second kappa shape index (κ2) is 4.92. The van der Waals surface area contributed by atoms with Crippen LogP contribution in [-0.4, -0.2) is 0 Å². The standard InChI is InChI=1S/C14H16N2/c15-13(11-7-3-1-4-8-11)14(16)12-9-5-2-6-10-12/h1-10,13-14H,15-16H2/t13-,14+. The maximum Gasteiger partial charge on any atom is 0.0491 e. The SMILES string of the molecule is N[C@H](c1ccccc1)[C@@H](N)c1ccccc1. The summed E-state index contributed by atoms with van der Waals surface area (Å²) in [7, 11) is 0. The zero-order chi connectivity index (χ0) is 11.4. The highest BCUT2D eigenvalue weighted by atomic mass is 14.8. The van der Waals surface area contributed by atoms with E-state index in [9.17, 15) is 0 Å². The Labute approximate surface area is 95.9 Å². The maximum atomic E-state index is 6.15. The highest BCUT2D eigenvalue weighted by molar-refractivity contribution is 5.26. The molecule has 82 valence electrons. The fourth-order valence-corrected chi connectivity index (χ4v) is 1.77. The molecule has 0 aliphatic carbocycles. The van der Waals surface area contributed by atoms with Crippen LogP contribution in [-0.2, 0) is 0 Å². The summed E-state index contributed by atoms with van der Waals surface area (Å²) in [6, 6.07) is 19.6. The van der Waals surface area contributed by atoms with Crippen LogP contribution in [0.25, 0.3) is 0 Å². The molecule has 2 rings (SSSR count). The molecular weight excluding hydrogens is 196 g/mol. The first-order valence-corrected chi connectivity index (χ1v) is 5.40. The smallest absolute Gasteiger partial charge is 0.0491 e. The van der Waals surface area contributed by atoms with Crippen LogP contribution in [0.2, 0.25) is 0 Å². The molecular formula is C14H16N2. The number of nitrogens with two attached hydrogens (primary N) is 2. The largest absolute Gasteiger partial charge is 0.322 e. The summed E-state index contributed by atoms with van der Waals surface area (Å²) in [5.41, 5.74) is 14.4. The summed E-state index contributed by atoms with van der Waals surface area (Å²) >= 11 is 0. The third kappa shape index (κ3) is 2.30.